The predicted molar refractivity (Wildman–Crippen MR) is 85.6 cm³/mol. The van der Waals surface area contributed by atoms with E-state index >= 15 is 0 Å². The number of H-pyrrole nitrogens is 1. The molecule has 21 heavy (non-hydrogen) atoms. The van der Waals surface area contributed by atoms with Crippen molar-refractivity contribution in [2.24, 2.45) is 5.73 Å². The molecule has 2 heterocycles. The van der Waals surface area contributed by atoms with Crippen molar-refractivity contribution in [3.05, 3.63) is 28.8 Å². The molecule has 0 spiro atoms. The van der Waals surface area contributed by atoms with Crippen LogP contribution in [0.5, 0.6) is 0 Å². The molecule has 0 bridgehead atoms. The first kappa shape index (κ1) is 14.4. The van der Waals surface area contributed by atoms with E-state index in [4.69, 9.17) is 17.3 Å². The molecule has 112 valence electrons. The Morgan fingerprint density at radius 1 is 1.43 bits per heavy atom. The Kier molecular flexibility index (Phi) is 3.87. The van der Waals surface area contributed by atoms with Crippen molar-refractivity contribution >= 4 is 17.5 Å². The van der Waals surface area contributed by atoms with Gasteiger partial charge >= 0.3 is 0 Å². The van der Waals surface area contributed by atoms with Gasteiger partial charge in [0.2, 0.25) is 5.95 Å². The predicted octanol–water partition coefficient (Wildman–Crippen LogP) is 2.75. The van der Waals surface area contributed by atoms with Gasteiger partial charge in [0.25, 0.3) is 0 Å². The SMILES string of the molecule is Cc1ccc(Cl)cc1-c1nc(N2CCCC(N)C2C)n[nH]1. The number of nitrogens with two attached hydrogens (primary N) is 1. The van der Waals surface area contributed by atoms with Gasteiger partial charge in [-0.25, -0.2) is 0 Å². The first-order chi connectivity index (χ1) is 10.1. The number of nitrogens with one attached hydrogen (secondary N) is 1. The Hall–Kier alpha value is -1.59. The van der Waals surface area contributed by atoms with Crippen LogP contribution in [-0.4, -0.2) is 33.8 Å². The molecule has 1 aromatic heterocycles. The number of nitrogens with zero attached hydrogens (tertiary/aromatic N) is 3. The van der Waals surface area contributed by atoms with Crippen LogP contribution in [0.15, 0.2) is 18.2 Å². The zero-order chi connectivity index (χ0) is 15.0. The van der Waals surface area contributed by atoms with Crippen molar-refractivity contribution in [2.45, 2.75) is 38.8 Å². The monoisotopic (exact) mass is 305 g/mol. The molecule has 0 amide bonds. The summed E-state index contributed by atoms with van der Waals surface area (Å²) in [6, 6.07) is 6.20. The third-order valence-electron chi connectivity index (χ3n) is 4.23. The Morgan fingerprint density at radius 3 is 3.05 bits per heavy atom. The van der Waals surface area contributed by atoms with Gasteiger partial charge in [0.15, 0.2) is 5.82 Å². The van der Waals surface area contributed by atoms with Crippen LogP contribution in [0.4, 0.5) is 5.95 Å². The zero-order valence-electron chi connectivity index (χ0n) is 12.3. The van der Waals surface area contributed by atoms with E-state index < -0.39 is 0 Å². The molecular weight excluding hydrogens is 286 g/mol. The van der Waals surface area contributed by atoms with Gasteiger partial charge < -0.3 is 10.6 Å². The normalized spacial score (nSPS) is 22.6. The molecule has 1 aliphatic heterocycles. The Labute approximate surface area is 129 Å². The van der Waals surface area contributed by atoms with Crippen molar-refractivity contribution in [1.29, 1.82) is 0 Å². The van der Waals surface area contributed by atoms with Crippen molar-refractivity contribution in [1.82, 2.24) is 15.2 Å². The lowest BCUT2D eigenvalue weighted by Crippen LogP contribution is -2.50. The van der Waals surface area contributed by atoms with Gasteiger partial charge in [-0.15, -0.1) is 5.10 Å². The van der Waals surface area contributed by atoms with Crippen LogP contribution in [0, 0.1) is 6.92 Å². The molecule has 0 saturated carbocycles. The third kappa shape index (κ3) is 2.76. The zero-order valence-corrected chi connectivity index (χ0v) is 13.1. The van der Waals surface area contributed by atoms with Crippen LogP contribution in [0.1, 0.15) is 25.3 Å². The molecule has 3 rings (SSSR count). The highest BCUT2D eigenvalue weighted by Crippen LogP contribution is 2.27. The number of benzene rings is 1. The molecule has 2 unspecified atom stereocenters. The van der Waals surface area contributed by atoms with Crippen molar-refractivity contribution in [2.75, 3.05) is 11.4 Å². The second kappa shape index (κ2) is 5.66. The largest absolute Gasteiger partial charge is 0.335 e. The fraction of sp³-hybridized carbons (Fsp3) is 0.467. The van der Waals surface area contributed by atoms with Gasteiger partial charge in [0.1, 0.15) is 0 Å². The second-order valence-corrected chi connectivity index (χ2v) is 6.12. The summed E-state index contributed by atoms with van der Waals surface area (Å²) in [5, 5.41) is 8.08. The van der Waals surface area contributed by atoms with E-state index in [-0.39, 0.29) is 12.1 Å². The van der Waals surface area contributed by atoms with E-state index in [1.165, 1.54) is 0 Å². The minimum Gasteiger partial charge on any atom is -0.335 e. The lowest BCUT2D eigenvalue weighted by Gasteiger charge is -2.36. The van der Waals surface area contributed by atoms with Crippen molar-refractivity contribution < 1.29 is 0 Å². The number of aromatic nitrogens is 3. The summed E-state index contributed by atoms with van der Waals surface area (Å²) in [4.78, 5) is 6.81. The molecule has 2 atom stereocenters. The van der Waals surface area contributed by atoms with Gasteiger partial charge in [0.05, 0.1) is 0 Å². The number of hydrogen-bond acceptors (Lipinski definition) is 4. The van der Waals surface area contributed by atoms with Gasteiger partial charge in [-0.2, -0.15) is 4.98 Å². The van der Waals surface area contributed by atoms with E-state index in [0.29, 0.717) is 11.0 Å². The maximum Gasteiger partial charge on any atom is 0.245 e. The standard InChI is InChI=1S/C15H20ClN5/c1-9-5-6-11(16)8-12(9)14-18-15(20-19-14)21-7-3-4-13(17)10(21)2/h5-6,8,10,13H,3-4,7,17H2,1-2H3,(H,18,19,20). The van der Waals surface area contributed by atoms with Crippen LogP contribution in [-0.2, 0) is 0 Å². The molecule has 1 aromatic carbocycles. The summed E-state index contributed by atoms with van der Waals surface area (Å²) in [5.41, 5.74) is 8.24. The molecule has 1 fully saturated rings. The minimum atomic E-state index is 0.175. The lowest BCUT2D eigenvalue weighted by molar-refractivity contribution is 0.416. The Bertz CT molecular complexity index is 639. The van der Waals surface area contributed by atoms with Crippen molar-refractivity contribution in [3.63, 3.8) is 0 Å². The first-order valence-electron chi connectivity index (χ1n) is 7.27. The van der Waals surface area contributed by atoms with Gasteiger partial charge in [-0.3, -0.25) is 5.10 Å². The maximum atomic E-state index is 6.14. The molecule has 2 aromatic rings. The molecule has 3 N–H and O–H groups in total. The van der Waals surface area contributed by atoms with Crippen LogP contribution >= 0.6 is 11.6 Å². The average Bonchev–Trinajstić information content (AvgIpc) is 2.94. The van der Waals surface area contributed by atoms with E-state index in [0.717, 1.165) is 36.3 Å². The molecule has 5 nitrogen and oxygen atoms in total. The number of rotatable bonds is 2. The quantitative estimate of drug-likeness (QED) is 0.895. The van der Waals surface area contributed by atoms with E-state index in [2.05, 4.69) is 27.0 Å². The molecule has 0 radical (unpaired) electrons. The van der Waals surface area contributed by atoms with E-state index in [1.807, 2.05) is 25.1 Å². The minimum absolute atomic E-state index is 0.175. The number of halogens is 1. The van der Waals surface area contributed by atoms with E-state index in [9.17, 15) is 0 Å². The Balaban J connectivity index is 1.91. The smallest absolute Gasteiger partial charge is 0.245 e. The summed E-state index contributed by atoms with van der Waals surface area (Å²) in [5.74, 6) is 1.46. The molecule has 0 aliphatic carbocycles. The van der Waals surface area contributed by atoms with Crippen LogP contribution < -0.4 is 10.6 Å². The van der Waals surface area contributed by atoms with E-state index in [1.54, 1.807) is 0 Å². The highest BCUT2D eigenvalue weighted by atomic mass is 35.5. The number of anilines is 1. The number of aryl methyl sites for hydroxylation is 1. The molecule has 6 heteroatoms. The summed E-state index contributed by atoms with van der Waals surface area (Å²) in [6.45, 7) is 5.11. The van der Waals surface area contributed by atoms with Crippen LogP contribution in [0.2, 0.25) is 5.02 Å². The number of hydrogen-bond donors (Lipinski definition) is 2. The number of piperidine rings is 1. The van der Waals surface area contributed by atoms with Gasteiger partial charge in [-0.1, -0.05) is 17.7 Å². The topological polar surface area (TPSA) is 70.8 Å². The molecule has 1 aliphatic rings. The average molecular weight is 306 g/mol. The Morgan fingerprint density at radius 2 is 2.24 bits per heavy atom. The first-order valence-corrected chi connectivity index (χ1v) is 7.65. The summed E-state index contributed by atoms with van der Waals surface area (Å²) < 4.78 is 0. The fourth-order valence-corrected chi connectivity index (χ4v) is 2.98. The highest BCUT2D eigenvalue weighted by Gasteiger charge is 2.27. The summed E-state index contributed by atoms with van der Waals surface area (Å²) in [6.07, 6.45) is 2.13. The van der Waals surface area contributed by atoms with Gasteiger partial charge in [0, 0.05) is 29.2 Å². The highest BCUT2D eigenvalue weighted by molar-refractivity contribution is 6.30. The van der Waals surface area contributed by atoms with Gasteiger partial charge in [-0.05, 0) is 44.4 Å². The van der Waals surface area contributed by atoms with Crippen molar-refractivity contribution in [3.8, 4) is 11.4 Å². The lowest BCUT2D eigenvalue weighted by atomic mass is 9.99. The third-order valence-corrected chi connectivity index (χ3v) is 4.47. The second-order valence-electron chi connectivity index (χ2n) is 5.68. The summed E-state index contributed by atoms with van der Waals surface area (Å²) >= 11 is 6.08. The molecule has 1 saturated heterocycles. The summed E-state index contributed by atoms with van der Waals surface area (Å²) in [7, 11) is 0. The fourth-order valence-electron chi connectivity index (χ4n) is 2.81. The van der Waals surface area contributed by atoms with Crippen LogP contribution in [0.25, 0.3) is 11.4 Å². The number of aromatic amines is 1. The molecular formula is C15H20ClN5. The van der Waals surface area contributed by atoms with Crippen LogP contribution in [0.3, 0.4) is 0 Å². The maximum absolute atomic E-state index is 6.14.